The van der Waals surface area contributed by atoms with Crippen molar-refractivity contribution in [2.75, 3.05) is 19.8 Å². The van der Waals surface area contributed by atoms with Crippen molar-refractivity contribution in [3.63, 3.8) is 0 Å². The maximum absolute atomic E-state index is 12.5. The standard InChI is InChI=1S/C16H22O6/c1-3-20-14(18)16(15(19)21-4-2)7-5-6-8-22-13(17)12-9-11(12)10-16/h5-6,11-12H,3-4,7-10H2,1-2H3/b6-5-/t11-,12-/m0/s1. The Bertz CT molecular complexity index is 463. The van der Waals surface area contributed by atoms with E-state index in [1.807, 2.05) is 0 Å². The average molecular weight is 310 g/mol. The molecule has 22 heavy (non-hydrogen) atoms. The Morgan fingerprint density at radius 2 is 1.86 bits per heavy atom. The third kappa shape index (κ3) is 3.31. The first-order valence-corrected chi connectivity index (χ1v) is 7.71. The normalized spacial score (nSPS) is 27.8. The Balaban J connectivity index is 2.30. The molecule has 6 nitrogen and oxygen atoms in total. The largest absolute Gasteiger partial charge is 0.465 e. The van der Waals surface area contributed by atoms with Crippen LogP contribution < -0.4 is 0 Å². The molecule has 0 aromatic carbocycles. The van der Waals surface area contributed by atoms with Crippen LogP contribution in [-0.2, 0) is 28.6 Å². The molecule has 0 saturated heterocycles. The molecular weight excluding hydrogens is 288 g/mol. The predicted molar refractivity (Wildman–Crippen MR) is 76.6 cm³/mol. The number of cyclic esters (lactones) is 1. The van der Waals surface area contributed by atoms with Gasteiger partial charge in [0, 0.05) is 0 Å². The first-order chi connectivity index (χ1) is 10.5. The Morgan fingerprint density at radius 1 is 1.23 bits per heavy atom. The summed E-state index contributed by atoms with van der Waals surface area (Å²) >= 11 is 0. The molecule has 0 amide bonds. The van der Waals surface area contributed by atoms with Crippen LogP contribution in [0.1, 0.15) is 33.1 Å². The van der Waals surface area contributed by atoms with Crippen LogP contribution in [0.15, 0.2) is 12.2 Å². The highest BCUT2D eigenvalue weighted by atomic mass is 16.6. The second-order valence-corrected chi connectivity index (χ2v) is 5.64. The van der Waals surface area contributed by atoms with Crippen LogP contribution in [0.2, 0.25) is 0 Å². The highest BCUT2D eigenvalue weighted by Crippen LogP contribution is 2.49. The molecule has 0 aromatic rings. The molecule has 1 aliphatic carbocycles. The lowest BCUT2D eigenvalue weighted by molar-refractivity contribution is -0.173. The second kappa shape index (κ2) is 6.94. The van der Waals surface area contributed by atoms with E-state index in [0.717, 1.165) is 0 Å². The van der Waals surface area contributed by atoms with E-state index in [9.17, 15) is 14.4 Å². The molecule has 0 N–H and O–H groups in total. The molecule has 122 valence electrons. The third-order valence-corrected chi connectivity index (χ3v) is 4.12. The first-order valence-electron chi connectivity index (χ1n) is 7.71. The van der Waals surface area contributed by atoms with E-state index >= 15 is 0 Å². The molecule has 2 aliphatic rings. The van der Waals surface area contributed by atoms with Gasteiger partial charge in [0.2, 0.25) is 0 Å². The number of ether oxygens (including phenoxy) is 3. The highest BCUT2D eigenvalue weighted by molar-refractivity contribution is 6.00. The van der Waals surface area contributed by atoms with E-state index < -0.39 is 17.4 Å². The number of carbonyl (C=O) groups excluding carboxylic acids is 3. The van der Waals surface area contributed by atoms with Crippen molar-refractivity contribution < 1.29 is 28.6 Å². The number of carbonyl (C=O) groups is 3. The number of fused-ring (bicyclic) bond motifs is 1. The minimum Gasteiger partial charge on any atom is -0.465 e. The summed E-state index contributed by atoms with van der Waals surface area (Å²) in [5.41, 5.74) is -1.36. The summed E-state index contributed by atoms with van der Waals surface area (Å²) in [6, 6.07) is 0. The molecule has 0 radical (unpaired) electrons. The van der Waals surface area contributed by atoms with Gasteiger partial charge in [-0.25, -0.2) is 0 Å². The van der Waals surface area contributed by atoms with Gasteiger partial charge in [0.1, 0.15) is 6.61 Å². The van der Waals surface area contributed by atoms with Crippen molar-refractivity contribution in [2.45, 2.75) is 33.1 Å². The van der Waals surface area contributed by atoms with E-state index in [4.69, 9.17) is 14.2 Å². The van der Waals surface area contributed by atoms with Crippen LogP contribution in [0.3, 0.4) is 0 Å². The lowest BCUT2D eigenvalue weighted by atomic mass is 9.78. The van der Waals surface area contributed by atoms with Gasteiger partial charge in [-0.15, -0.1) is 0 Å². The fourth-order valence-corrected chi connectivity index (χ4v) is 2.84. The summed E-state index contributed by atoms with van der Waals surface area (Å²) in [6.45, 7) is 3.94. The fraction of sp³-hybridized carbons (Fsp3) is 0.688. The van der Waals surface area contributed by atoms with E-state index in [0.29, 0.717) is 6.42 Å². The number of esters is 3. The Morgan fingerprint density at radius 3 is 2.45 bits per heavy atom. The summed E-state index contributed by atoms with van der Waals surface area (Å²) in [5, 5.41) is 0. The molecule has 2 atom stereocenters. The van der Waals surface area contributed by atoms with Gasteiger partial charge in [-0.2, -0.15) is 0 Å². The molecule has 6 heteroatoms. The van der Waals surface area contributed by atoms with Gasteiger partial charge in [-0.3, -0.25) is 14.4 Å². The third-order valence-electron chi connectivity index (χ3n) is 4.12. The smallest absolute Gasteiger partial charge is 0.323 e. The van der Waals surface area contributed by atoms with Crippen molar-refractivity contribution in [3.05, 3.63) is 12.2 Å². The highest BCUT2D eigenvalue weighted by Gasteiger charge is 2.56. The van der Waals surface area contributed by atoms with Crippen LogP contribution in [0.4, 0.5) is 0 Å². The molecular formula is C16H22O6. The average Bonchev–Trinajstić information content (AvgIpc) is 3.25. The molecule has 1 heterocycles. The summed E-state index contributed by atoms with van der Waals surface area (Å²) in [7, 11) is 0. The molecule has 0 unspecified atom stereocenters. The minimum atomic E-state index is -1.36. The predicted octanol–water partition coefficient (Wildman–Crippen LogP) is 1.63. The van der Waals surface area contributed by atoms with Crippen LogP contribution in [0, 0.1) is 17.3 Å². The van der Waals surface area contributed by atoms with Crippen molar-refractivity contribution in [3.8, 4) is 0 Å². The maximum atomic E-state index is 12.5. The summed E-state index contributed by atoms with van der Waals surface area (Å²) in [6.07, 6.45) is 4.43. The fourth-order valence-electron chi connectivity index (χ4n) is 2.84. The maximum Gasteiger partial charge on any atom is 0.323 e. The SMILES string of the molecule is CCOC(=O)C1(C(=O)OCC)C/C=C\COC(=O)[C@H]2C[C@H]2C1. The Kier molecular flexibility index (Phi) is 5.21. The lowest BCUT2D eigenvalue weighted by Crippen LogP contribution is -2.42. The quantitative estimate of drug-likeness (QED) is 0.340. The zero-order chi connectivity index (χ0) is 16.2. The lowest BCUT2D eigenvalue weighted by Gasteiger charge is -2.28. The first kappa shape index (κ1) is 16.5. The van der Waals surface area contributed by atoms with Crippen LogP contribution in [0.25, 0.3) is 0 Å². The monoisotopic (exact) mass is 310 g/mol. The number of rotatable bonds is 4. The van der Waals surface area contributed by atoms with Crippen molar-refractivity contribution in [2.24, 2.45) is 17.3 Å². The van der Waals surface area contributed by atoms with Crippen LogP contribution in [-0.4, -0.2) is 37.7 Å². The van der Waals surface area contributed by atoms with Gasteiger partial charge < -0.3 is 14.2 Å². The van der Waals surface area contributed by atoms with Gasteiger partial charge in [-0.05, 0) is 39.0 Å². The van der Waals surface area contributed by atoms with Crippen LogP contribution in [0.5, 0.6) is 0 Å². The number of hydrogen-bond donors (Lipinski definition) is 0. The number of allylic oxidation sites excluding steroid dienone is 1. The molecule has 1 aliphatic heterocycles. The van der Waals surface area contributed by atoms with Crippen molar-refractivity contribution >= 4 is 17.9 Å². The van der Waals surface area contributed by atoms with Gasteiger partial charge in [0.05, 0.1) is 19.1 Å². The van der Waals surface area contributed by atoms with E-state index in [2.05, 4.69) is 0 Å². The molecule has 2 rings (SSSR count). The molecule has 1 fully saturated rings. The van der Waals surface area contributed by atoms with Gasteiger partial charge in [0.25, 0.3) is 0 Å². The zero-order valence-electron chi connectivity index (χ0n) is 13.0. The van der Waals surface area contributed by atoms with Gasteiger partial charge >= 0.3 is 17.9 Å². The molecule has 0 aromatic heterocycles. The van der Waals surface area contributed by atoms with E-state index in [-0.39, 0.29) is 50.5 Å². The minimum absolute atomic E-state index is 0.0344. The summed E-state index contributed by atoms with van der Waals surface area (Å²) in [5.74, 6) is -1.67. The van der Waals surface area contributed by atoms with Crippen molar-refractivity contribution in [1.29, 1.82) is 0 Å². The molecule has 1 saturated carbocycles. The topological polar surface area (TPSA) is 78.9 Å². The van der Waals surface area contributed by atoms with Crippen LogP contribution >= 0.6 is 0 Å². The van der Waals surface area contributed by atoms with Gasteiger partial charge in [0.15, 0.2) is 5.41 Å². The Hall–Kier alpha value is -1.85. The van der Waals surface area contributed by atoms with Crippen molar-refractivity contribution in [1.82, 2.24) is 0 Å². The summed E-state index contributed by atoms with van der Waals surface area (Å²) < 4.78 is 15.3. The molecule has 0 spiro atoms. The second-order valence-electron chi connectivity index (χ2n) is 5.64. The van der Waals surface area contributed by atoms with E-state index in [1.54, 1.807) is 26.0 Å². The van der Waals surface area contributed by atoms with Gasteiger partial charge in [-0.1, -0.05) is 12.2 Å². The summed E-state index contributed by atoms with van der Waals surface area (Å²) in [4.78, 5) is 36.7. The molecule has 0 bridgehead atoms. The zero-order valence-corrected chi connectivity index (χ0v) is 13.0. The Labute approximate surface area is 129 Å². The van der Waals surface area contributed by atoms with E-state index in [1.165, 1.54) is 0 Å². The number of hydrogen-bond acceptors (Lipinski definition) is 6.